The third-order valence-corrected chi connectivity index (χ3v) is 3.64. The van der Waals surface area contributed by atoms with E-state index < -0.39 is 0 Å². The Morgan fingerprint density at radius 1 is 1.39 bits per heavy atom. The summed E-state index contributed by atoms with van der Waals surface area (Å²) >= 11 is 5.30. The number of nitrogens with one attached hydrogen (secondary N) is 1. The molecule has 0 radical (unpaired) electrons. The molecule has 1 unspecified atom stereocenters. The predicted molar refractivity (Wildman–Crippen MR) is 72.5 cm³/mol. The molecule has 1 N–H and O–H groups in total. The largest absolute Gasteiger partial charge is 0.379 e. The second kappa shape index (κ2) is 4.66. The van der Waals surface area contributed by atoms with E-state index in [1.54, 1.807) is 4.57 Å². The van der Waals surface area contributed by atoms with Gasteiger partial charge < -0.3 is 9.72 Å². The first-order valence-electron chi connectivity index (χ1n) is 6.08. The summed E-state index contributed by atoms with van der Waals surface area (Å²) in [6, 6.07) is 7.50. The molecule has 1 atom stereocenters. The Kier molecular flexibility index (Phi) is 3.01. The zero-order chi connectivity index (χ0) is 12.5. The van der Waals surface area contributed by atoms with E-state index in [-0.39, 0.29) is 11.6 Å². The number of nitrogens with zero attached hydrogens (tertiary/aromatic N) is 1. The fourth-order valence-corrected chi connectivity index (χ4v) is 2.78. The standard InChI is InChI=1S/C13H14N2O2S/c16-12-10-5-1-2-6-11(10)14-13(18)15(12)9-4-3-7-17-8-9/h1-2,5-6,9H,3-4,7-8H2,(H,14,18). The van der Waals surface area contributed by atoms with E-state index in [2.05, 4.69) is 4.98 Å². The summed E-state index contributed by atoms with van der Waals surface area (Å²) in [6.45, 7) is 1.34. The van der Waals surface area contributed by atoms with Crippen molar-refractivity contribution in [3.63, 3.8) is 0 Å². The van der Waals surface area contributed by atoms with E-state index in [9.17, 15) is 4.79 Å². The molecular formula is C13H14N2O2S. The van der Waals surface area contributed by atoms with Gasteiger partial charge in [-0.15, -0.1) is 0 Å². The monoisotopic (exact) mass is 262 g/mol. The topological polar surface area (TPSA) is 47.0 Å². The summed E-state index contributed by atoms with van der Waals surface area (Å²) in [5.74, 6) is 0. The molecule has 2 heterocycles. The lowest BCUT2D eigenvalue weighted by Crippen LogP contribution is -2.31. The van der Waals surface area contributed by atoms with Crippen LogP contribution in [-0.4, -0.2) is 22.8 Å². The van der Waals surface area contributed by atoms with Gasteiger partial charge in [-0.3, -0.25) is 9.36 Å². The van der Waals surface area contributed by atoms with Crippen molar-refractivity contribution in [1.82, 2.24) is 9.55 Å². The van der Waals surface area contributed by atoms with Crippen LogP contribution in [0.4, 0.5) is 0 Å². The van der Waals surface area contributed by atoms with Crippen LogP contribution in [0, 0.1) is 4.77 Å². The molecule has 5 heteroatoms. The van der Waals surface area contributed by atoms with E-state index in [4.69, 9.17) is 17.0 Å². The van der Waals surface area contributed by atoms with Gasteiger partial charge in [0.2, 0.25) is 0 Å². The van der Waals surface area contributed by atoms with E-state index in [1.807, 2.05) is 24.3 Å². The lowest BCUT2D eigenvalue weighted by molar-refractivity contribution is 0.0573. The van der Waals surface area contributed by atoms with Crippen LogP contribution in [0.3, 0.4) is 0 Å². The van der Waals surface area contributed by atoms with Crippen molar-refractivity contribution in [2.45, 2.75) is 18.9 Å². The molecule has 4 nitrogen and oxygen atoms in total. The summed E-state index contributed by atoms with van der Waals surface area (Å²) in [7, 11) is 0. The minimum Gasteiger partial charge on any atom is -0.379 e. The summed E-state index contributed by atoms with van der Waals surface area (Å²) in [5.41, 5.74) is 0.769. The SMILES string of the molecule is O=c1c2ccccc2[nH]c(=S)n1C1CCCOC1. The zero-order valence-electron chi connectivity index (χ0n) is 9.89. The molecular weight excluding hydrogens is 248 g/mol. The summed E-state index contributed by atoms with van der Waals surface area (Å²) < 4.78 is 7.58. The normalized spacial score (nSPS) is 20.1. The quantitative estimate of drug-likeness (QED) is 0.803. The fraction of sp³-hybridized carbons (Fsp3) is 0.385. The molecule has 0 spiro atoms. The first-order chi connectivity index (χ1) is 8.77. The lowest BCUT2D eigenvalue weighted by Gasteiger charge is -2.24. The van der Waals surface area contributed by atoms with E-state index in [1.165, 1.54) is 0 Å². The number of H-pyrrole nitrogens is 1. The molecule has 2 aromatic rings. The molecule has 1 aliphatic rings. The number of hydrogen-bond donors (Lipinski definition) is 1. The summed E-state index contributed by atoms with van der Waals surface area (Å²) in [4.78, 5) is 15.6. The van der Waals surface area contributed by atoms with Gasteiger partial charge in [-0.25, -0.2) is 0 Å². The van der Waals surface area contributed by atoms with Crippen LogP contribution in [0.2, 0.25) is 0 Å². The Labute approximate surface area is 109 Å². The number of fused-ring (bicyclic) bond motifs is 1. The van der Waals surface area contributed by atoms with Gasteiger partial charge in [0, 0.05) is 6.61 Å². The second-order valence-electron chi connectivity index (χ2n) is 4.52. The Morgan fingerprint density at radius 3 is 3.00 bits per heavy atom. The molecule has 94 valence electrons. The van der Waals surface area contributed by atoms with Crippen molar-refractivity contribution in [3.05, 3.63) is 39.4 Å². The highest BCUT2D eigenvalue weighted by atomic mass is 32.1. The van der Waals surface area contributed by atoms with Crippen molar-refractivity contribution in [2.75, 3.05) is 13.2 Å². The molecule has 0 bridgehead atoms. The van der Waals surface area contributed by atoms with Gasteiger partial charge in [0.15, 0.2) is 4.77 Å². The van der Waals surface area contributed by atoms with E-state index in [0.717, 1.165) is 25.0 Å². The Hall–Kier alpha value is -1.46. The first kappa shape index (κ1) is 11.6. The molecule has 1 aromatic heterocycles. The highest BCUT2D eigenvalue weighted by Crippen LogP contribution is 2.19. The number of aromatic amines is 1. The van der Waals surface area contributed by atoms with Crippen LogP contribution in [0.1, 0.15) is 18.9 Å². The maximum absolute atomic E-state index is 12.5. The average molecular weight is 262 g/mol. The predicted octanol–water partition coefficient (Wildman–Crippen LogP) is 2.41. The smallest absolute Gasteiger partial charge is 0.262 e. The number of rotatable bonds is 1. The molecule has 1 fully saturated rings. The van der Waals surface area contributed by atoms with Crippen molar-refractivity contribution >= 4 is 23.1 Å². The number of aromatic nitrogens is 2. The van der Waals surface area contributed by atoms with Crippen molar-refractivity contribution < 1.29 is 4.74 Å². The molecule has 3 rings (SSSR count). The third-order valence-electron chi connectivity index (χ3n) is 3.34. The molecule has 1 aliphatic heterocycles. The Morgan fingerprint density at radius 2 is 2.22 bits per heavy atom. The summed E-state index contributed by atoms with van der Waals surface area (Å²) in [6.07, 6.45) is 1.91. The molecule has 18 heavy (non-hydrogen) atoms. The molecule has 0 aliphatic carbocycles. The van der Waals surface area contributed by atoms with E-state index >= 15 is 0 Å². The zero-order valence-corrected chi connectivity index (χ0v) is 10.7. The van der Waals surface area contributed by atoms with Crippen LogP contribution in [0.15, 0.2) is 29.1 Å². The number of ether oxygens (including phenoxy) is 1. The highest BCUT2D eigenvalue weighted by Gasteiger charge is 2.19. The average Bonchev–Trinajstić information content (AvgIpc) is 2.40. The number of hydrogen-bond acceptors (Lipinski definition) is 3. The molecule has 1 saturated heterocycles. The maximum Gasteiger partial charge on any atom is 0.262 e. The van der Waals surface area contributed by atoms with Gasteiger partial charge in [-0.05, 0) is 37.2 Å². The van der Waals surface area contributed by atoms with Crippen LogP contribution in [0.25, 0.3) is 10.9 Å². The van der Waals surface area contributed by atoms with Crippen LogP contribution in [0.5, 0.6) is 0 Å². The van der Waals surface area contributed by atoms with Gasteiger partial charge in [0.05, 0.1) is 23.6 Å². The lowest BCUT2D eigenvalue weighted by atomic mass is 10.1. The maximum atomic E-state index is 12.5. The van der Waals surface area contributed by atoms with Crippen LogP contribution < -0.4 is 5.56 Å². The minimum absolute atomic E-state index is 0.0233. The van der Waals surface area contributed by atoms with Crippen molar-refractivity contribution in [1.29, 1.82) is 0 Å². The van der Waals surface area contributed by atoms with Gasteiger partial charge in [-0.1, -0.05) is 12.1 Å². The molecule has 0 amide bonds. The second-order valence-corrected chi connectivity index (χ2v) is 4.91. The minimum atomic E-state index is -0.0233. The van der Waals surface area contributed by atoms with Gasteiger partial charge in [0.25, 0.3) is 5.56 Å². The van der Waals surface area contributed by atoms with Crippen molar-refractivity contribution in [3.8, 4) is 0 Å². The molecule has 1 aromatic carbocycles. The number of para-hydroxylation sites is 1. The van der Waals surface area contributed by atoms with Gasteiger partial charge in [-0.2, -0.15) is 0 Å². The van der Waals surface area contributed by atoms with Gasteiger partial charge in [0.1, 0.15) is 0 Å². The van der Waals surface area contributed by atoms with Crippen molar-refractivity contribution in [2.24, 2.45) is 0 Å². The van der Waals surface area contributed by atoms with Gasteiger partial charge >= 0.3 is 0 Å². The first-order valence-corrected chi connectivity index (χ1v) is 6.49. The molecule has 0 saturated carbocycles. The number of benzene rings is 1. The highest BCUT2D eigenvalue weighted by molar-refractivity contribution is 7.71. The third kappa shape index (κ3) is 1.89. The van der Waals surface area contributed by atoms with Crippen LogP contribution in [-0.2, 0) is 4.74 Å². The Balaban J connectivity index is 2.22. The fourth-order valence-electron chi connectivity index (χ4n) is 2.44. The summed E-state index contributed by atoms with van der Waals surface area (Å²) in [5, 5.41) is 0.677. The van der Waals surface area contributed by atoms with Crippen LogP contribution >= 0.6 is 12.2 Å². The van der Waals surface area contributed by atoms with E-state index in [0.29, 0.717) is 16.8 Å². The Bertz CT molecular complexity index is 683.